The molecule has 0 aliphatic heterocycles. The second-order valence-corrected chi connectivity index (χ2v) is 4.41. The van der Waals surface area contributed by atoms with Gasteiger partial charge in [-0.3, -0.25) is 0 Å². The van der Waals surface area contributed by atoms with Crippen molar-refractivity contribution in [2.24, 2.45) is 0 Å². The van der Waals surface area contributed by atoms with Crippen molar-refractivity contribution < 1.29 is 0 Å². The highest BCUT2D eigenvalue weighted by molar-refractivity contribution is 7.28. The molecule has 1 heteroatoms. The van der Waals surface area contributed by atoms with Crippen molar-refractivity contribution in [2.45, 2.75) is 13.8 Å². The second kappa shape index (κ2) is 2.39. The van der Waals surface area contributed by atoms with Crippen LogP contribution < -0.4 is 9.90 Å². The summed E-state index contributed by atoms with van der Waals surface area (Å²) in [6, 6.07) is 2.31. The van der Waals surface area contributed by atoms with Gasteiger partial charge in [-0.1, -0.05) is 23.8 Å². The monoisotopic (exact) mass is 162 g/mol. The summed E-state index contributed by atoms with van der Waals surface area (Å²) in [6.07, 6.45) is 6.55. The van der Waals surface area contributed by atoms with Crippen LogP contribution in [0.4, 0.5) is 0 Å². The van der Waals surface area contributed by atoms with Crippen LogP contribution in [0.2, 0.25) is 0 Å². The first kappa shape index (κ1) is 6.94. The molecule has 0 spiro atoms. The van der Waals surface area contributed by atoms with E-state index in [0.29, 0.717) is 0 Å². The maximum absolute atomic E-state index is 2.31. The lowest BCUT2D eigenvalue weighted by Crippen LogP contribution is -1.91. The smallest absolute Gasteiger partial charge is 0.00123 e. The lowest BCUT2D eigenvalue weighted by atomic mass is 10.3. The molecule has 1 aliphatic carbocycles. The van der Waals surface area contributed by atoms with Crippen LogP contribution in [-0.2, 0) is 0 Å². The minimum atomic E-state index is 0.900. The van der Waals surface area contributed by atoms with Gasteiger partial charge < -0.3 is 0 Å². The van der Waals surface area contributed by atoms with E-state index in [4.69, 9.17) is 0 Å². The van der Waals surface area contributed by atoms with Gasteiger partial charge in [-0.05, 0) is 35.4 Å². The Kier molecular flexibility index (Phi) is 1.51. The highest BCUT2D eigenvalue weighted by Gasteiger charge is 1.97. The molecule has 1 aromatic rings. The number of allylic oxidation sites excluding steroid dienone is 1. The number of rotatable bonds is 0. The van der Waals surface area contributed by atoms with Gasteiger partial charge in [0, 0.05) is 0 Å². The predicted octanol–water partition coefficient (Wildman–Crippen LogP) is 1.72. The Balaban J connectivity index is 2.80. The van der Waals surface area contributed by atoms with E-state index in [1.165, 1.54) is 21.0 Å². The van der Waals surface area contributed by atoms with Crippen molar-refractivity contribution in [2.75, 3.05) is 0 Å². The van der Waals surface area contributed by atoms with Gasteiger partial charge in [-0.15, -0.1) is 8.19 Å². The average Bonchev–Trinajstić information content (AvgIpc) is 2.40. The molecular weight excluding hydrogens is 151 g/mol. The second-order valence-electron chi connectivity index (χ2n) is 3.08. The number of hydrogen-bond donors (Lipinski definition) is 0. The molecule has 0 nitrogen and oxygen atoms in total. The standard InChI is InChI=1S/C10H11P/c1-7(2)10-6-8-4-3-5-9(8)11-10/h3-6,11H,1-2H3. The maximum atomic E-state index is 2.31. The molecule has 2 rings (SSSR count). The van der Waals surface area contributed by atoms with E-state index < -0.39 is 0 Å². The molecule has 0 radical (unpaired) electrons. The molecule has 0 saturated carbocycles. The van der Waals surface area contributed by atoms with Crippen LogP contribution in [0.15, 0.2) is 12.1 Å². The Bertz CT molecular complexity index is 414. The molecule has 0 saturated heterocycles. The fourth-order valence-corrected chi connectivity index (χ4v) is 2.53. The molecule has 1 heterocycles. The Morgan fingerprint density at radius 2 is 2.18 bits per heavy atom. The SMILES string of the molecule is CC(C)=c1cc2c([pH]1)=CC=C2. The first-order chi connectivity index (χ1) is 5.27. The first-order valence-electron chi connectivity index (χ1n) is 3.82. The van der Waals surface area contributed by atoms with E-state index in [0.717, 1.165) is 8.19 Å². The molecule has 0 aromatic carbocycles. The van der Waals surface area contributed by atoms with E-state index >= 15 is 0 Å². The van der Waals surface area contributed by atoms with Crippen molar-refractivity contribution in [3.63, 3.8) is 0 Å². The fraction of sp³-hybridized carbons (Fsp3) is 0.200. The lowest BCUT2D eigenvalue weighted by molar-refractivity contribution is 1.58. The third-order valence-corrected chi connectivity index (χ3v) is 3.60. The molecule has 11 heavy (non-hydrogen) atoms. The zero-order valence-electron chi connectivity index (χ0n) is 6.81. The molecule has 1 aromatic heterocycles. The van der Waals surface area contributed by atoms with Crippen LogP contribution >= 0.6 is 8.19 Å². The van der Waals surface area contributed by atoms with Crippen molar-refractivity contribution >= 4 is 25.9 Å². The third-order valence-electron chi connectivity index (χ3n) is 1.96. The van der Waals surface area contributed by atoms with Crippen LogP contribution in [0.3, 0.4) is 0 Å². The van der Waals surface area contributed by atoms with Crippen LogP contribution in [0.1, 0.15) is 19.4 Å². The number of fused-ring (bicyclic) bond motifs is 1. The minimum absolute atomic E-state index is 0.900. The van der Waals surface area contributed by atoms with E-state index in [1.54, 1.807) is 0 Å². The van der Waals surface area contributed by atoms with Gasteiger partial charge in [0.15, 0.2) is 0 Å². The molecular formula is C10H11P. The molecule has 56 valence electrons. The fourth-order valence-electron chi connectivity index (χ4n) is 1.28. The van der Waals surface area contributed by atoms with E-state index in [-0.39, 0.29) is 0 Å². The summed E-state index contributed by atoms with van der Waals surface area (Å²) < 4.78 is 0. The van der Waals surface area contributed by atoms with Crippen molar-refractivity contribution in [3.8, 4) is 0 Å². The van der Waals surface area contributed by atoms with Gasteiger partial charge in [0.1, 0.15) is 0 Å². The molecule has 1 aliphatic rings. The number of hydrogen-bond acceptors (Lipinski definition) is 0. The Hall–Kier alpha value is -0.740. The van der Waals surface area contributed by atoms with Crippen LogP contribution in [-0.4, -0.2) is 0 Å². The van der Waals surface area contributed by atoms with Crippen LogP contribution in [0.25, 0.3) is 17.7 Å². The third kappa shape index (κ3) is 1.08. The van der Waals surface area contributed by atoms with Gasteiger partial charge in [0.25, 0.3) is 0 Å². The van der Waals surface area contributed by atoms with Crippen LogP contribution in [0.5, 0.6) is 0 Å². The molecule has 0 fully saturated rings. The predicted molar refractivity (Wildman–Crippen MR) is 53.4 cm³/mol. The van der Waals surface area contributed by atoms with E-state index in [1.807, 2.05) is 0 Å². The summed E-state index contributed by atoms with van der Waals surface area (Å²) in [5.74, 6) is 0. The summed E-state index contributed by atoms with van der Waals surface area (Å²) in [6.45, 7) is 4.37. The lowest BCUT2D eigenvalue weighted by Gasteiger charge is -1.81. The Morgan fingerprint density at radius 1 is 1.36 bits per heavy atom. The molecule has 0 amide bonds. The average molecular weight is 162 g/mol. The first-order valence-corrected chi connectivity index (χ1v) is 4.82. The van der Waals surface area contributed by atoms with E-state index in [9.17, 15) is 0 Å². The van der Waals surface area contributed by atoms with Gasteiger partial charge in [0.2, 0.25) is 0 Å². The van der Waals surface area contributed by atoms with Gasteiger partial charge in [-0.2, -0.15) is 0 Å². The quantitative estimate of drug-likeness (QED) is 0.545. The van der Waals surface area contributed by atoms with Gasteiger partial charge >= 0.3 is 0 Å². The molecule has 0 N–H and O–H groups in total. The van der Waals surface area contributed by atoms with Crippen LogP contribution in [0, 0.1) is 0 Å². The van der Waals surface area contributed by atoms with Crippen molar-refractivity contribution in [1.29, 1.82) is 0 Å². The summed E-state index contributed by atoms with van der Waals surface area (Å²) in [7, 11) is 0.900. The maximum Gasteiger partial charge on any atom is -0.00123 e. The minimum Gasteiger partial charge on any atom is -0.124 e. The largest absolute Gasteiger partial charge is 0.124 e. The van der Waals surface area contributed by atoms with Crippen molar-refractivity contribution in [1.82, 2.24) is 0 Å². The Morgan fingerprint density at radius 3 is 2.82 bits per heavy atom. The zero-order chi connectivity index (χ0) is 7.84. The molecule has 1 unspecified atom stereocenters. The molecule has 1 atom stereocenters. The van der Waals surface area contributed by atoms with Gasteiger partial charge in [-0.25, -0.2) is 0 Å². The summed E-state index contributed by atoms with van der Waals surface area (Å²) in [5, 5.41) is 0. The summed E-state index contributed by atoms with van der Waals surface area (Å²) in [4.78, 5) is 3.04. The van der Waals surface area contributed by atoms with E-state index in [2.05, 4.69) is 38.1 Å². The van der Waals surface area contributed by atoms with Gasteiger partial charge in [0.05, 0.1) is 0 Å². The van der Waals surface area contributed by atoms with Crippen molar-refractivity contribution in [3.05, 3.63) is 27.6 Å². The molecule has 0 bridgehead atoms. The topological polar surface area (TPSA) is 0 Å². The normalized spacial score (nSPS) is 13.6. The summed E-state index contributed by atoms with van der Waals surface area (Å²) >= 11 is 0. The zero-order valence-corrected chi connectivity index (χ0v) is 7.81. The Labute approximate surface area is 68.0 Å². The highest BCUT2D eigenvalue weighted by atomic mass is 31.0. The highest BCUT2D eigenvalue weighted by Crippen LogP contribution is 2.06. The summed E-state index contributed by atoms with van der Waals surface area (Å²) in [5.41, 5.74) is 2.89.